The second kappa shape index (κ2) is 10.6. The fourth-order valence-electron chi connectivity index (χ4n) is 3.53. The highest BCUT2D eigenvalue weighted by atomic mass is 35.5. The van der Waals surface area contributed by atoms with Gasteiger partial charge in [-0.15, -0.1) is 0 Å². The van der Waals surface area contributed by atoms with Crippen LogP contribution in [0.5, 0.6) is 5.75 Å². The van der Waals surface area contributed by atoms with Gasteiger partial charge in [0.05, 0.1) is 6.61 Å². The molecule has 2 heterocycles. The van der Waals surface area contributed by atoms with Crippen molar-refractivity contribution < 1.29 is 27.6 Å². The number of nitrogens with zero attached hydrogens (tertiary/aromatic N) is 3. The van der Waals surface area contributed by atoms with Gasteiger partial charge < -0.3 is 19.3 Å². The number of allylic oxidation sites excluding steroid dienone is 2. The van der Waals surface area contributed by atoms with E-state index < -0.39 is 16.0 Å². The predicted molar refractivity (Wildman–Crippen MR) is 130 cm³/mol. The molecule has 2 N–H and O–H groups in total. The van der Waals surface area contributed by atoms with Crippen LogP contribution in [0.2, 0.25) is 5.02 Å². The minimum Gasteiger partial charge on any atom is -0.493 e. The Hall–Kier alpha value is -3.18. The summed E-state index contributed by atoms with van der Waals surface area (Å²) >= 11 is 6.25. The van der Waals surface area contributed by atoms with Gasteiger partial charge >= 0.3 is 5.97 Å². The topological polar surface area (TPSA) is 125 Å². The van der Waals surface area contributed by atoms with Gasteiger partial charge in [0.1, 0.15) is 23.0 Å². The number of carbonyl (C=O) groups is 1. The number of hydrazine groups is 1. The van der Waals surface area contributed by atoms with Crippen LogP contribution in [0.25, 0.3) is 0 Å². The zero-order valence-electron chi connectivity index (χ0n) is 20.2. The minimum absolute atomic E-state index is 0.0948. The molecule has 2 aromatic rings. The molecule has 12 heteroatoms. The van der Waals surface area contributed by atoms with Gasteiger partial charge in [-0.2, -0.15) is 12.8 Å². The summed E-state index contributed by atoms with van der Waals surface area (Å²) in [6.45, 7) is 10.1. The van der Waals surface area contributed by atoms with E-state index in [1.54, 1.807) is 23.1 Å². The summed E-state index contributed by atoms with van der Waals surface area (Å²) in [5.41, 5.74) is 3.14. The number of hydrogen-bond donors (Lipinski definition) is 2. The molecular weight excluding hydrogens is 496 g/mol. The fraction of sp³-hybridized carbons (Fsp3) is 0.391. The molecule has 0 aliphatic carbocycles. The van der Waals surface area contributed by atoms with Crippen molar-refractivity contribution in [2.24, 2.45) is 5.92 Å². The highest BCUT2D eigenvalue weighted by molar-refractivity contribution is 7.89. The van der Waals surface area contributed by atoms with E-state index >= 15 is 0 Å². The lowest BCUT2D eigenvalue weighted by atomic mass is 10.1. The van der Waals surface area contributed by atoms with Crippen molar-refractivity contribution in [3.63, 3.8) is 0 Å². The van der Waals surface area contributed by atoms with Gasteiger partial charge in [0.15, 0.2) is 10.7 Å². The molecule has 0 saturated heterocycles. The predicted octanol–water partition coefficient (Wildman–Crippen LogP) is 3.82. The number of carboxylic acids is 1. The maximum absolute atomic E-state index is 13.7. The molecule has 0 saturated carbocycles. The molecule has 35 heavy (non-hydrogen) atoms. The lowest BCUT2D eigenvalue weighted by molar-refractivity contribution is -0.133. The third-order valence-corrected chi connectivity index (χ3v) is 7.28. The lowest BCUT2D eigenvalue weighted by Crippen LogP contribution is -2.49. The first-order valence-corrected chi connectivity index (χ1v) is 12.8. The molecule has 1 aromatic carbocycles. The number of aromatic nitrogens is 1. The Bertz CT molecular complexity index is 1250. The monoisotopic (exact) mass is 524 g/mol. The molecule has 10 nitrogen and oxygen atoms in total. The van der Waals surface area contributed by atoms with E-state index in [9.17, 15) is 18.3 Å². The fourth-order valence-corrected chi connectivity index (χ4v) is 5.36. The molecule has 0 radical (unpaired) electrons. The molecule has 1 aliphatic heterocycles. The SMILES string of the molecule is CCN(Cc1cc(Cl)ccc1OCC(C)C)C1=CC=C(C(=O)O)NN1S(=O)(=O)c1c(C)noc1C. The lowest BCUT2D eigenvalue weighted by Gasteiger charge is -2.36. The average molecular weight is 525 g/mol. The van der Waals surface area contributed by atoms with Crippen molar-refractivity contribution in [1.29, 1.82) is 0 Å². The maximum Gasteiger partial charge on any atom is 0.353 e. The largest absolute Gasteiger partial charge is 0.493 e. The van der Waals surface area contributed by atoms with Crippen LogP contribution in [0.3, 0.4) is 0 Å². The van der Waals surface area contributed by atoms with Crippen LogP contribution in [0.4, 0.5) is 0 Å². The molecule has 0 unspecified atom stereocenters. The number of carboxylic acid groups (broad SMARTS) is 1. The van der Waals surface area contributed by atoms with E-state index in [2.05, 4.69) is 10.6 Å². The number of halogens is 1. The molecule has 190 valence electrons. The maximum atomic E-state index is 13.7. The normalized spacial score (nSPS) is 13.9. The minimum atomic E-state index is -4.29. The van der Waals surface area contributed by atoms with Gasteiger partial charge in [-0.1, -0.05) is 30.6 Å². The summed E-state index contributed by atoms with van der Waals surface area (Å²) in [5.74, 6) is -0.0553. The zero-order valence-corrected chi connectivity index (χ0v) is 21.8. The highest BCUT2D eigenvalue weighted by Gasteiger charge is 2.37. The quantitative estimate of drug-likeness (QED) is 0.477. The number of benzene rings is 1. The summed E-state index contributed by atoms with van der Waals surface area (Å²) in [6, 6.07) is 5.28. The van der Waals surface area contributed by atoms with E-state index in [-0.39, 0.29) is 34.4 Å². The molecule has 0 spiro atoms. The van der Waals surface area contributed by atoms with Crippen molar-refractivity contribution in [2.45, 2.75) is 46.1 Å². The van der Waals surface area contributed by atoms with E-state index in [0.29, 0.717) is 29.8 Å². The molecule has 3 rings (SSSR count). The van der Waals surface area contributed by atoms with E-state index in [1.165, 1.54) is 26.0 Å². The van der Waals surface area contributed by atoms with Crippen LogP contribution in [0, 0.1) is 19.8 Å². The summed E-state index contributed by atoms with van der Waals surface area (Å²) in [4.78, 5) is 13.3. The Morgan fingerprint density at radius 1 is 1.31 bits per heavy atom. The number of nitrogens with one attached hydrogen (secondary N) is 1. The first-order chi connectivity index (χ1) is 16.4. The molecular formula is C23H29ClN4O6S. The van der Waals surface area contributed by atoms with Gasteiger partial charge in [-0.05, 0) is 57.0 Å². The van der Waals surface area contributed by atoms with E-state index in [4.69, 9.17) is 20.9 Å². The number of aliphatic carboxylic acids is 1. The van der Waals surface area contributed by atoms with Gasteiger partial charge in [0, 0.05) is 23.7 Å². The highest BCUT2D eigenvalue weighted by Crippen LogP contribution is 2.31. The van der Waals surface area contributed by atoms with Crippen LogP contribution >= 0.6 is 11.6 Å². The molecule has 1 aromatic heterocycles. The first-order valence-electron chi connectivity index (χ1n) is 11.0. The summed E-state index contributed by atoms with van der Waals surface area (Å²) < 4.78 is 39.2. The molecule has 0 amide bonds. The van der Waals surface area contributed by atoms with E-state index in [0.717, 1.165) is 9.98 Å². The Balaban J connectivity index is 2.05. The second-order valence-electron chi connectivity index (χ2n) is 8.42. The van der Waals surface area contributed by atoms with Crippen LogP contribution in [0.1, 0.15) is 37.8 Å². The van der Waals surface area contributed by atoms with Crippen molar-refractivity contribution >= 4 is 27.6 Å². The standard InChI is InChI=1S/C23H29ClN4O6S/c1-6-27(12-17-11-18(24)7-9-20(17)33-13-14(2)3)21-10-8-19(23(29)30)25-28(21)35(31,32)22-15(4)26-34-16(22)5/h7-11,14,25H,6,12-13H2,1-5H3,(H,29,30). The van der Waals surface area contributed by atoms with Gasteiger partial charge in [0.25, 0.3) is 10.0 Å². The van der Waals surface area contributed by atoms with Gasteiger partial charge in [-0.3, -0.25) is 5.43 Å². The van der Waals surface area contributed by atoms with Crippen LogP contribution in [-0.2, 0) is 21.4 Å². The third-order valence-electron chi connectivity index (χ3n) is 5.19. The molecule has 0 fully saturated rings. The second-order valence-corrected chi connectivity index (χ2v) is 10.6. The van der Waals surface area contributed by atoms with Gasteiger partial charge in [0.2, 0.25) is 0 Å². The van der Waals surface area contributed by atoms with Crippen LogP contribution in [-0.4, -0.2) is 47.1 Å². The Kier molecular flexibility index (Phi) is 8.01. The number of sulfonamides is 1. The molecule has 0 bridgehead atoms. The number of hydrogen-bond acceptors (Lipinski definition) is 8. The number of ether oxygens (including phenoxy) is 1. The van der Waals surface area contributed by atoms with Crippen molar-refractivity contribution in [3.05, 3.63) is 63.9 Å². The summed E-state index contributed by atoms with van der Waals surface area (Å²) in [5, 5.41) is 13.7. The van der Waals surface area contributed by atoms with E-state index in [1.807, 2.05) is 20.8 Å². The Morgan fingerprint density at radius 2 is 2.03 bits per heavy atom. The zero-order chi connectivity index (χ0) is 25.9. The number of aryl methyl sites for hydroxylation is 2. The summed E-state index contributed by atoms with van der Waals surface area (Å²) in [6.07, 6.45) is 2.76. The van der Waals surface area contributed by atoms with Crippen LogP contribution in [0.15, 0.2) is 51.3 Å². The Labute approximate surface area is 209 Å². The van der Waals surface area contributed by atoms with Crippen molar-refractivity contribution in [2.75, 3.05) is 13.2 Å². The van der Waals surface area contributed by atoms with Crippen molar-refractivity contribution in [1.82, 2.24) is 19.9 Å². The van der Waals surface area contributed by atoms with Gasteiger partial charge in [-0.25, -0.2) is 4.79 Å². The van der Waals surface area contributed by atoms with Crippen LogP contribution < -0.4 is 10.2 Å². The average Bonchev–Trinajstić information content (AvgIpc) is 3.14. The third kappa shape index (κ3) is 5.73. The molecule has 1 aliphatic rings. The Morgan fingerprint density at radius 3 is 2.60 bits per heavy atom. The first kappa shape index (κ1) is 26.4. The van der Waals surface area contributed by atoms with Crippen molar-refractivity contribution in [3.8, 4) is 5.75 Å². The smallest absolute Gasteiger partial charge is 0.353 e. The number of rotatable bonds is 10. The molecule has 0 atom stereocenters. The summed E-state index contributed by atoms with van der Waals surface area (Å²) in [7, 11) is -4.29.